The Morgan fingerprint density at radius 2 is 0.692 bits per heavy atom. The summed E-state index contributed by atoms with van der Waals surface area (Å²) in [5, 5.41) is 30.5. The molecule has 4 aromatic rings. The molecule has 0 atom stereocenters. The third-order valence-electron chi connectivity index (χ3n) is 6.14. The molecule has 9 heteroatoms. The van der Waals surface area contributed by atoms with E-state index in [1.807, 2.05) is 0 Å². The highest BCUT2D eigenvalue weighted by molar-refractivity contribution is 5.97. The lowest BCUT2D eigenvalue weighted by Gasteiger charge is -2.14. The molecule has 4 aromatic carbocycles. The molecule has 198 valence electrons. The van der Waals surface area contributed by atoms with Crippen molar-refractivity contribution in [3.05, 3.63) is 89.5 Å². The first-order valence-electron chi connectivity index (χ1n) is 11.6. The molecule has 0 saturated carbocycles. The molecule has 0 fully saturated rings. The van der Waals surface area contributed by atoms with Crippen LogP contribution in [0.15, 0.2) is 72.8 Å². The minimum absolute atomic E-state index is 0.0304. The molecule has 0 amide bonds. The van der Waals surface area contributed by atoms with Gasteiger partial charge >= 0.3 is 17.9 Å². The van der Waals surface area contributed by atoms with E-state index in [0.717, 1.165) is 0 Å². The van der Waals surface area contributed by atoms with Gasteiger partial charge in [0.05, 0.1) is 21.3 Å². The number of aromatic hydroxyl groups is 3. The van der Waals surface area contributed by atoms with Crippen LogP contribution < -0.4 is 0 Å². The van der Waals surface area contributed by atoms with Crippen molar-refractivity contribution in [1.82, 2.24) is 0 Å². The summed E-state index contributed by atoms with van der Waals surface area (Å²) in [5.74, 6) is -2.88. The molecule has 39 heavy (non-hydrogen) atoms. The van der Waals surface area contributed by atoms with Crippen molar-refractivity contribution in [2.45, 2.75) is 0 Å². The van der Waals surface area contributed by atoms with Gasteiger partial charge in [0.15, 0.2) is 0 Å². The van der Waals surface area contributed by atoms with Crippen LogP contribution in [0.1, 0.15) is 31.1 Å². The Morgan fingerprint density at radius 1 is 0.436 bits per heavy atom. The third-order valence-corrected chi connectivity index (χ3v) is 6.14. The van der Waals surface area contributed by atoms with Gasteiger partial charge in [-0.25, -0.2) is 14.4 Å². The second-order valence-electron chi connectivity index (χ2n) is 8.47. The number of benzene rings is 4. The summed E-state index contributed by atoms with van der Waals surface area (Å²) in [6.07, 6.45) is 0. The molecular weight excluding hydrogens is 504 g/mol. The first-order chi connectivity index (χ1) is 18.7. The number of phenols is 3. The fraction of sp³-hybridized carbons (Fsp3) is 0.100. The summed E-state index contributed by atoms with van der Waals surface area (Å²) in [6, 6.07) is 18.8. The Labute approximate surface area is 223 Å². The fourth-order valence-electron chi connectivity index (χ4n) is 4.09. The number of carbonyl (C=O) groups excluding carboxylic acids is 3. The van der Waals surface area contributed by atoms with Crippen molar-refractivity contribution < 1.29 is 43.9 Å². The van der Waals surface area contributed by atoms with Crippen molar-refractivity contribution in [3.63, 3.8) is 0 Å². The van der Waals surface area contributed by atoms with E-state index < -0.39 is 17.9 Å². The van der Waals surface area contributed by atoms with E-state index in [1.165, 1.54) is 57.7 Å². The molecule has 0 aliphatic rings. The van der Waals surface area contributed by atoms with E-state index in [1.54, 1.807) is 36.4 Å². The second kappa shape index (κ2) is 11.0. The summed E-state index contributed by atoms with van der Waals surface area (Å²) in [4.78, 5) is 36.6. The molecule has 9 nitrogen and oxygen atoms in total. The first-order valence-corrected chi connectivity index (χ1v) is 11.6. The molecule has 0 aromatic heterocycles. The normalized spacial score (nSPS) is 10.5. The number of carbonyl (C=O) groups is 3. The van der Waals surface area contributed by atoms with Crippen LogP contribution in [0.5, 0.6) is 17.2 Å². The minimum Gasteiger partial charge on any atom is -0.507 e. The Morgan fingerprint density at radius 3 is 0.923 bits per heavy atom. The maximum absolute atomic E-state index is 12.2. The number of esters is 3. The average Bonchev–Trinajstić information content (AvgIpc) is 2.96. The summed E-state index contributed by atoms with van der Waals surface area (Å²) < 4.78 is 14.3. The van der Waals surface area contributed by atoms with E-state index in [9.17, 15) is 29.7 Å². The number of methoxy groups -OCH3 is 3. The van der Waals surface area contributed by atoms with Gasteiger partial charge in [-0.15, -0.1) is 0 Å². The van der Waals surface area contributed by atoms with Crippen molar-refractivity contribution in [2.24, 2.45) is 0 Å². The zero-order chi connectivity index (χ0) is 28.3. The topological polar surface area (TPSA) is 140 Å². The molecule has 0 saturated heterocycles. The first kappa shape index (κ1) is 26.7. The van der Waals surface area contributed by atoms with E-state index in [4.69, 9.17) is 14.2 Å². The zero-order valence-electron chi connectivity index (χ0n) is 21.2. The lowest BCUT2D eigenvalue weighted by Crippen LogP contribution is -2.02. The van der Waals surface area contributed by atoms with Crippen LogP contribution in [0.2, 0.25) is 0 Å². The van der Waals surface area contributed by atoms with Gasteiger partial charge < -0.3 is 29.5 Å². The summed E-state index contributed by atoms with van der Waals surface area (Å²) in [6.45, 7) is 0. The van der Waals surface area contributed by atoms with Crippen LogP contribution in [0.25, 0.3) is 33.4 Å². The number of hydrogen-bond donors (Lipinski definition) is 3. The SMILES string of the molecule is COC(=O)c1cc(-c2cc(-c3ccc(O)c(C(=O)OC)c3)cc(-c3ccc(O)c(C(=O)OC)c3)c2)ccc1O. The van der Waals surface area contributed by atoms with Gasteiger partial charge in [-0.05, 0) is 88.0 Å². The number of rotatable bonds is 6. The van der Waals surface area contributed by atoms with Crippen LogP contribution in [0.4, 0.5) is 0 Å². The zero-order valence-corrected chi connectivity index (χ0v) is 21.2. The predicted molar refractivity (Wildman–Crippen MR) is 142 cm³/mol. The van der Waals surface area contributed by atoms with Crippen LogP contribution >= 0.6 is 0 Å². The second-order valence-corrected chi connectivity index (χ2v) is 8.47. The smallest absolute Gasteiger partial charge is 0.341 e. The maximum atomic E-state index is 12.2. The van der Waals surface area contributed by atoms with Crippen LogP contribution in [0.3, 0.4) is 0 Å². The monoisotopic (exact) mass is 528 g/mol. The van der Waals surface area contributed by atoms with E-state index in [0.29, 0.717) is 33.4 Å². The Hall–Kier alpha value is -5.31. The third kappa shape index (κ3) is 5.37. The lowest BCUT2D eigenvalue weighted by molar-refractivity contribution is 0.0588. The molecular formula is C30H24O9. The quantitative estimate of drug-likeness (QED) is 0.229. The van der Waals surface area contributed by atoms with Gasteiger partial charge in [0, 0.05) is 0 Å². The van der Waals surface area contributed by atoms with Crippen molar-refractivity contribution >= 4 is 17.9 Å². The van der Waals surface area contributed by atoms with Crippen molar-refractivity contribution in [3.8, 4) is 50.6 Å². The van der Waals surface area contributed by atoms with Gasteiger partial charge in [0.2, 0.25) is 0 Å². The highest BCUT2D eigenvalue weighted by Gasteiger charge is 2.18. The van der Waals surface area contributed by atoms with Gasteiger partial charge in [-0.1, -0.05) is 18.2 Å². The van der Waals surface area contributed by atoms with Crippen LogP contribution in [-0.2, 0) is 14.2 Å². The molecule has 0 aliphatic carbocycles. The number of ether oxygens (including phenoxy) is 3. The van der Waals surface area contributed by atoms with Crippen molar-refractivity contribution in [1.29, 1.82) is 0 Å². The molecule has 0 radical (unpaired) electrons. The largest absolute Gasteiger partial charge is 0.507 e. The van der Waals surface area contributed by atoms with E-state index >= 15 is 0 Å². The maximum Gasteiger partial charge on any atom is 0.341 e. The molecule has 0 heterocycles. The standard InChI is InChI=1S/C30H24O9/c1-37-28(34)22-13-16(4-7-25(22)31)19-10-20(17-5-8-26(32)23(14-17)29(35)38-2)12-21(11-19)18-6-9-27(33)24(15-18)30(36)39-3/h4-15,31-33H,1-3H3. The van der Waals surface area contributed by atoms with Gasteiger partial charge in [0.25, 0.3) is 0 Å². The Balaban J connectivity index is 1.97. The molecule has 0 aliphatic heterocycles. The molecule has 3 N–H and O–H groups in total. The van der Waals surface area contributed by atoms with Gasteiger partial charge in [-0.2, -0.15) is 0 Å². The molecule has 0 unspecified atom stereocenters. The lowest BCUT2D eigenvalue weighted by atomic mass is 9.91. The Bertz CT molecular complexity index is 1400. The average molecular weight is 529 g/mol. The number of phenolic OH excluding ortho intramolecular Hbond substituents is 3. The molecule has 4 rings (SSSR count). The Kier molecular flexibility index (Phi) is 7.53. The van der Waals surface area contributed by atoms with E-state index in [2.05, 4.69) is 0 Å². The van der Waals surface area contributed by atoms with Gasteiger partial charge in [0.1, 0.15) is 33.9 Å². The summed E-state index contributed by atoms with van der Waals surface area (Å²) in [5.41, 5.74) is 3.46. The summed E-state index contributed by atoms with van der Waals surface area (Å²) in [7, 11) is 3.63. The molecule has 0 bridgehead atoms. The number of hydrogen-bond acceptors (Lipinski definition) is 9. The highest BCUT2D eigenvalue weighted by atomic mass is 16.5. The van der Waals surface area contributed by atoms with Crippen LogP contribution in [-0.4, -0.2) is 54.6 Å². The fourth-order valence-corrected chi connectivity index (χ4v) is 4.09. The minimum atomic E-state index is -0.715. The summed E-state index contributed by atoms with van der Waals surface area (Å²) >= 11 is 0. The van der Waals surface area contributed by atoms with E-state index in [-0.39, 0.29) is 33.9 Å². The van der Waals surface area contributed by atoms with Crippen molar-refractivity contribution in [2.75, 3.05) is 21.3 Å². The molecule has 0 spiro atoms. The van der Waals surface area contributed by atoms with Crippen LogP contribution in [0, 0.1) is 0 Å². The predicted octanol–water partition coefficient (Wildman–Crippen LogP) is 5.16. The highest BCUT2D eigenvalue weighted by Crippen LogP contribution is 2.37. The van der Waals surface area contributed by atoms with Gasteiger partial charge in [-0.3, -0.25) is 0 Å².